The van der Waals surface area contributed by atoms with Crippen molar-refractivity contribution in [1.82, 2.24) is 10.2 Å². The molecule has 2 amide bonds. The van der Waals surface area contributed by atoms with Crippen molar-refractivity contribution >= 4 is 46.8 Å². The van der Waals surface area contributed by atoms with Crippen LogP contribution < -0.4 is 5.32 Å². The van der Waals surface area contributed by atoms with Crippen LogP contribution in [0, 0.1) is 5.82 Å². The van der Waals surface area contributed by atoms with Gasteiger partial charge in [0.1, 0.15) is 11.9 Å². The Kier molecular flexibility index (Phi) is 10.6. The molecule has 0 fully saturated rings. The highest BCUT2D eigenvalue weighted by Crippen LogP contribution is 2.27. The van der Waals surface area contributed by atoms with Gasteiger partial charge in [0.2, 0.25) is 11.8 Å². The molecule has 2 rings (SSSR count). The zero-order chi connectivity index (χ0) is 22.8. The van der Waals surface area contributed by atoms with Crippen LogP contribution in [0.5, 0.6) is 0 Å². The van der Waals surface area contributed by atoms with E-state index in [1.807, 2.05) is 6.92 Å². The normalized spacial score (nSPS) is 11.8. The summed E-state index contributed by atoms with van der Waals surface area (Å²) < 4.78 is 13.8. The third-order valence-electron chi connectivity index (χ3n) is 4.83. The topological polar surface area (TPSA) is 49.4 Å². The Labute approximate surface area is 197 Å². The van der Waals surface area contributed by atoms with Crippen LogP contribution in [0.3, 0.4) is 0 Å². The van der Waals surface area contributed by atoms with E-state index >= 15 is 0 Å². The molecule has 1 N–H and O–H groups in total. The fraction of sp³-hybridized carbons (Fsp3) is 0.391. The first-order chi connectivity index (χ1) is 14.8. The molecule has 31 heavy (non-hydrogen) atoms. The van der Waals surface area contributed by atoms with Crippen molar-refractivity contribution < 1.29 is 14.0 Å². The average molecular weight is 485 g/mol. The minimum Gasteiger partial charge on any atom is -0.354 e. The number of hydrogen-bond acceptors (Lipinski definition) is 3. The SMILES string of the molecule is CCCCNC(=O)[C@H](C)N(Cc1c(Cl)cccc1Cl)C(=O)CSCc1ccccc1F. The molecule has 0 bridgehead atoms. The first-order valence-electron chi connectivity index (χ1n) is 10.2. The van der Waals surface area contributed by atoms with Crippen molar-refractivity contribution in [3.63, 3.8) is 0 Å². The Morgan fingerprint density at radius 3 is 2.45 bits per heavy atom. The number of hydrogen-bond donors (Lipinski definition) is 1. The van der Waals surface area contributed by atoms with Gasteiger partial charge in [0.25, 0.3) is 0 Å². The van der Waals surface area contributed by atoms with E-state index in [-0.39, 0.29) is 29.9 Å². The molecule has 0 saturated carbocycles. The quantitative estimate of drug-likeness (QED) is 0.416. The lowest BCUT2D eigenvalue weighted by atomic mass is 10.1. The molecule has 1 atom stereocenters. The number of rotatable bonds is 11. The number of amides is 2. The standard InChI is InChI=1S/C23H27Cl2FN2O2S/c1-3-4-12-27-23(30)16(2)28(13-18-19(24)9-7-10-20(18)25)22(29)15-31-14-17-8-5-6-11-21(17)26/h5-11,16H,3-4,12-15H2,1-2H3,(H,27,30)/t16-/m0/s1. The summed E-state index contributed by atoms with van der Waals surface area (Å²) in [5.41, 5.74) is 1.12. The molecule has 168 valence electrons. The van der Waals surface area contributed by atoms with E-state index in [4.69, 9.17) is 23.2 Å². The Morgan fingerprint density at radius 2 is 1.81 bits per heavy atom. The zero-order valence-electron chi connectivity index (χ0n) is 17.7. The van der Waals surface area contributed by atoms with E-state index in [2.05, 4.69) is 5.32 Å². The maximum absolute atomic E-state index is 13.8. The van der Waals surface area contributed by atoms with Gasteiger partial charge in [-0.2, -0.15) is 0 Å². The van der Waals surface area contributed by atoms with Gasteiger partial charge in [-0.15, -0.1) is 11.8 Å². The molecule has 2 aromatic rings. The number of carbonyl (C=O) groups excluding carboxylic acids is 2. The third kappa shape index (κ3) is 7.70. The molecule has 0 aromatic heterocycles. The lowest BCUT2D eigenvalue weighted by Crippen LogP contribution is -2.48. The first-order valence-corrected chi connectivity index (χ1v) is 12.1. The second-order valence-corrected chi connectivity index (χ2v) is 8.93. The second kappa shape index (κ2) is 12.9. The van der Waals surface area contributed by atoms with Crippen molar-refractivity contribution in [3.8, 4) is 0 Å². The lowest BCUT2D eigenvalue weighted by Gasteiger charge is -2.29. The van der Waals surface area contributed by atoms with Crippen LogP contribution in [0.15, 0.2) is 42.5 Å². The fourth-order valence-corrected chi connectivity index (χ4v) is 4.33. The summed E-state index contributed by atoms with van der Waals surface area (Å²) in [5.74, 6) is -0.315. The van der Waals surface area contributed by atoms with Crippen LogP contribution in [0.4, 0.5) is 4.39 Å². The summed E-state index contributed by atoms with van der Waals surface area (Å²) >= 11 is 13.9. The van der Waals surface area contributed by atoms with Gasteiger partial charge in [0.15, 0.2) is 0 Å². The summed E-state index contributed by atoms with van der Waals surface area (Å²) in [6.07, 6.45) is 1.82. The highest BCUT2D eigenvalue weighted by atomic mass is 35.5. The number of thioether (sulfide) groups is 1. The molecule has 0 unspecified atom stereocenters. The van der Waals surface area contributed by atoms with Gasteiger partial charge in [-0.25, -0.2) is 4.39 Å². The molecule has 0 heterocycles. The zero-order valence-corrected chi connectivity index (χ0v) is 20.0. The second-order valence-electron chi connectivity index (χ2n) is 7.13. The van der Waals surface area contributed by atoms with Gasteiger partial charge >= 0.3 is 0 Å². The summed E-state index contributed by atoms with van der Waals surface area (Å²) in [6, 6.07) is 10.9. The average Bonchev–Trinajstić information content (AvgIpc) is 2.74. The maximum atomic E-state index is 13.8. The Bertz CT molecular complexity index is 877. The summed E-state index contributed by atoms with van der Waals surface area (Å²) in [7, 11) is 0. The lowest BCUT2D eigenvalue weighted by molar-refractivity contribution is -0.138. The molecular formula is C23H27Cl2FN2O2S. The molecular weight excluding hydrogens is 458 g/mol. The molecule has 0 saturated heterocycles. The molecule has 0 aliphatic heterocycles. The first kappa shape index (κ1) is 25.5. The molecule has 4 nitrogen and oxygen atoms in total. The molecule has 0 spiro atoms. The summed E-state index contributed by atoms with van der Waals surface area (Å²) in [5, 5.41) is 3.73. The van der Waals surface area contributed by atoms with Crippen molar-refractivity contribution in [2.75, 3.05) is 12.3 Å². The van der Waals surface area contributed by atoms with E-state index in [9.17, 15) is 14.0 Å². The van der Waals surface area contributed by atoms with Crippen LogP contribution in [0.25, 0.3) is 0 Å². The maximum Gasteiger partial charge on any atom is 0.242 e. The van der Waals surface area contributed by atoms with Gasteiger partial charge < -0.3 is 10.2 Å². The number of carbonyl (C=O) groups is 2. The number of benzene rings is 2. The Hall–Kier alpha value is -1.76. The van der Waals surface area contributed by atoms with Gasteiger partial charge in [-0.1, -0.05) is 60.8 Å². The fourth-order valence-electron chi connectivity index (χ4n) is 2.92. The van der Waals surface area contributed by atoms with Crippen LogP contribution in [-0.4, -0.2) is 35.1 Å². The van der Waals surface area contributed by atoms with Gasteiger partial charge in [-0.05, 0) is 37.1 Å². The Balaban J connectivity index is 2.12. The van der Waals surface area contributed by atoms with Crippen LogP contribution in [-0.2, 0) is 21.9 Å². The molecule has 0 aliphatic carbocycles. The van der Waals surface area contributed by atoms with E-state index in [0.717, 1.165) is 12.8 Å². The number of unbranched alkanes of at least 4 members (excludes halogenated alkanes) is 1. The summed E-state index contributed by atoms with van der Waals surface area (Å²) in [4.78, 5) is 27.2. The van der Waals surface area contributed by atoms with Crippen LogP contribution in [0.1, 0.15) is 37.8 Å². The molecule has 0 radical (unpaired) electrons. The highest BCUT2D eigenvalue weighted by molar-refractivity contribution is 7.99. The monoisotopic (exact) mass is 484 g/mol. The van der Waals surface area contributed by atoms with Gasteiger partial charge in [0.05, 0.1) is 5.75 Å². The summed E-state index contributed by atoms with van der Waals surface area (Å²) in [6.45, 7) is 4.39. The predicted octanol–water partition coefficient (Wildman–Crippen LogP) is 5.70. The minimum absolute atomic E-state index is 0.100. The smallest absolute Gasteiger partial charge is 0.242 e. The number of nitrogens with zero attached hydrogens (tertiary/aromatic N) is 1. The number of halogens is 3. The largest absolute Gasteiger partial charge is 0.354 e. The van der Waals surface area contributed by atoms with Crippen LogP contribution >= 0.6 is 35.0 Å². The van der Waals surface area contributed by atoms with Crippen molar-refractivity contribution in [3.05, 3.63) is 69.5 Å². The Morgan fingerprint density at radius 1 is 1.13 bits per heavy atom. The van der Waals surface area contributed by atoms with Crippen molar-refractivity contribution in [1.29, 1.82) is 0 Å². The minimum atomic E-state index is -0.703. The predicted molar refractivity (Wildman–Crippen MR) is 127 cm³/mol. The molecule has 0 aliphatic rings. The number of nitrogens with one attached hydrogen (secondary N) is 1. The van der Waals surface area contributed by atoms with E-state index in [0.29, 0.717) is 33.5 Å². The molecule has 8 heteroatoms. The van der Waals surface area contributed by atoms with Crippen molar-refractivity contribution in [2.45, 2.75) is 45.0 Å². The van der Waals surface area contributed by atoms with E-state index in [1.54, 1.807) is 43.3 Å². The highest BCUT2D eigenvalue weighted by Gasteiger charge is 2.27. The van der Waals surface area contributed by atoms with Gasteiger partial charge in [0, 0.05) is 34.5 Å². The third-order valence-corrected chi connectivity index (χ3v) is 6.50. The van der Waals surface area contributed by atoms with E-state index in [1.165, 1.54) is 22.7 Å². The van der Waals surface area contributed by atoms with Gasteiger partial charge in [-0.3, -0.25) is 9.59 Å². The molecule has 2 aromatic carbocycles. The van der Waals surface area contributed by atoms with E-state index < -0.39 is 6.04 Å². The van der Waals surface area contributed by atoms with Crippen molar-refractivity contribution in [2.24, 2.45) is 0 Å². The van der Waals surface area contributed by atoms with Crippen LogP contribution in [0.2, 0.25) is 10.0 Å².